The van der Waals surface area contributed by atoms with Crippen LogP contribution in [0.1, 0.15) is 0 Å². The number of nitrogens with zero attached hydrogens (tertiary/aromatic N) is 2. The molecule has 0 aliphatic carbocycles. The van der Waals surface area contributed by atoms with Crippen LogP contribution in [0.5, 0.6) is 0 Å². The summed E-state index contributed by atoms with van der Waals surface area (Å²) >= 11 is 6.21. The van der Waals surface area contributed by atoms with Gasteiger partial charge in [-0.3, -0.25) is 4.79 Å². The van der Waals surface area contributed by atoms with E-state index < -0.39 is 0 Å². The molecule has 0 atom stereocenters. The highest BCUT2D eigenvalue weighted by atomic mass is 79.9. The molecule has 150 valence electrons. The lowest BCUT2D eigenvalue weighted by Gasteiger charge is -2.10. The number of benzene rings is 3. The van der Waals surface area contributed by atoms with E-state index in [-0.39, 0.29) is 11.7 Å². The van der Waals surface area contributed by atoms with E-state index in [2.05, 4.69) is 31.4 Å². The molecule has 0 bridgehead atoms. The van der Waals surface area contributed by atoms with Crippen LogP contribution in [-0.4, -0.2) is 21.9 Å². The topological polar surface area (TPSA) is 68.0 Å². The molecule has 5 nitrogen and oxygen atoms in total. The summed E-state index contributed by atoms with van der Waals surface area (Å²) in [6.07, 6.45) is 0. The Balaban J connectivity index is 1.36. The Hall–Kier alpha value is -2.55. The van der Waals surface area contributed by atoms with Crippen LogP contribution in [0.2, 0.25) is 0 Å². The Morgan fingerprint density at radius 2 is 1.67 bits per heavy atom. The van der Waals surface area contributed by atoms with E-state index in [0.717, 1.165) is 25.5 Å². The zero-order valence-corrected chi connectivity index (χ0v) is 18.8. The van der Waals surface area contributed by atoms with Gasteiger partial charge >= 0.3 is 0 Å². The van der Waals surface area contributed by atoms with Gasteiger partial charge in [-0.2, -0.15) is 0 Å². The summed E-state index contributed by atoms with van der Waals surface area (Å²) in [6.45, 7) is 0. The van der Waals surface area contributed by atoms with E-state index in [4.69, 9.17) is 4.42 Å². The van der Waals surface area contributed by atoms with Crippen molar-refractivity contribution in [1.82, 2.24) is 10.2 Å². The first kappa shape index (κ1) is 20.7. The van der Waals surface area contributed by atoms with Crippen LogP contribution in [0, 0.1) is 0 Å². The van der Waals surface area contributed by atoms with Gasteiger partial charge in [-0.25, -0.2) is 0 Å². The lowest BCUT2D eigenvalue weighted by Crippen LogP contribution is -2.14. The number of aromatic nitrogens is 2. The predicted octanol–water partition coefficient (Wildman–Crippen LogP) is 6.38. The normalized spacial score (nSPS) is 10.7. The molecule has 0 saturated heterocycles. The van der Waals surface area contributed by atoms with Gasteiger partial charge in [-0.1, -0.05) is 69.8 Å². The fraction of sp³-hybridized carbons (Fsp3) is 0.0455. The van der Waals surface area contributed by atoms with Crippen molar-refractivity contribution < 1.29 is 9.21 Å². The highest BCUT2D eigenvalue weighted by molar-refractivity contribution is 9.10. The van der Waals surface area contributed by atoms with E-state index in [0.29, 0.717) is 11.1 Å². The molecule has 0 saturated carbocycles. The fourth-order valence-corrected chi connectivity index (χ4v) is 4.32. The smallest absolute Gasteiger partial charge is 0.277 e. The quantitative estimate of drug-likeness (QED) is 0.298. The van der Waals surface area contributed by atoms with Crippen LogP contribution in [0.4, 0.5) is 5.69 Å². The van der Waals surface area contributed by atoms with Gasteiger partial charge in [0.05, 0.1) is 11.4 Å². The fourth-order valence-electron chi connectivity index (χ4n) is 2.57. The van der Waals surface area contributed by atoms with Gasteiger partial charge < -0.3 is 9.73 Å². The van der Waals surface area contributed by atoms with E-state index in [1.807, 2.05) is 78.9 Å². The molecule has 1 aromatic heterocycles. The number of halogens is 1. The van der Waals surface area contributed by atoms with Crippen LogP contribution in [0.3, 0.4) is 0 Å². The summed E-state index contributed by atoms with van der Waals surface area (Å²) in [4.78, 5) is 14.6. The monoisotopic (exact) mass is 497 g/mol. The summed E-state index contributed by atoms with van der Waals surface area (Å²) in [5.41, 5.74) is 1.60. The first-order chi connectivity index (χ1) is 14.7. The van der Waals surface area contributed by atoms with Crippen molar-refractivity contribution >= 4 is 51.0 Å². The van der Waals surface area contributed by atoms with Crippen LogP contribution < -0.4 is 5.32 Å². The molecular weight excluding hydrogens is 482 g/mol. The van der Waals surface area contributed by atoms with Crippen LogP contribution in [0.25, 0.3) is 11.5 Å². The van der Waals surface area contributed by atoms with Gasteiger partial charge in [0, 0.05) is 19.8 Å². The molecule has 30 heavy (non-hydrogen) atoms. The number of carbonyl (C=O) groups is 1. The second-order valence-electron chi connectivity index (χ2n) is 6.13. The number of anilines is 1. The molecular formula is C22H16BrN3O2S2. The van der Waals surface area contributed by atoms with Crippen molar-refractivity contribution in [1.29, 1.82) is 0 Å². The van der Waals surface area contributed by atoms with Gasteiger partial charge in [-0.05, 0) is 48.5 Å². The number of para-hydroxylation sites is 1. The Bertz CT molecular complexity index is 1130. The van der Waals surface area contributed by atoms with Crippen LogP contribution in [-0.2, 0) is 4.79 Å². The van der Waals surface area contributed by atoms with Gasteiger partial charge in [0.1, 0.15) is 0 Å². The van der Waals surface area contributed by atoms with Crippen molar-refractivity contribution in [2.45, 2.75) is 15.0 Å². The maximum Gasteiger partial charge on any atom is 0.277 e. The van der Waals surface area contributed by atoms with Gasteiger partial charge in [-0.15, -0.1) is 10.2 Å². The third-order valence-electron chi connectivity index (χ3n) is 3.96. The molecule has 1 amide bonds. The number of carbonyl (C=O) groups excluding carboxylic acids is 1. The van der Waals surface area contributed by atoms with E-state index in [1.54, 1.807) is 11.8 Å². The molecule has 4 aromatic rings. The van der Waals surface area contributed by atoms with E-state index in [1.165, 1.54) is 11.8 Å². The Morgan fingerprint density at radius 1 is 0.933 bits per heavy atom. The average Bonchev–Trinajstić information content (AvgIpc) is 3.24. The maximum absolute atomic E-state index is 12.5. The third-order valence-corrected chi connectivity index (χ3v) is 6.39. The minimum atomic E-state index is -0.135. The minimum Gasteiger partial charge on any atom is -0.411 e. The number of hydrogen-bond acceptors (Lipinski definition) is 6. The van der Waals surface area contributed by atoms with Gasteiger partial charge in [0.15, 0.2) is 0 Å². The summed E-state index contributed by atoms with van der Waals surface area (Å²) in [7, 11) is 0. The average molecular weight is 498 g/mol. The summed E-state index contributed by atoms with van der Waals surface area (Å²) < 4.78 is 6.63. The number of hydrogen-bond donors (Lipinski definition) is 1. The Morgan fingerprint density at radius 3 is 2.47 bits per heavy atom. The first-order valence-corrected chi connectivity index (χ1v) is 11.6. The maximum atomic E-state index is 12.5. The first-order valence-electron chi connectivity index (χ1n) is 9.01. The van der Waals surface area contributed by atoms with Crippen molar-refractivity contribution in [2.75, 3.05) is 11.1 Å². The molecule has 4 rings (SSSR count). The Labute approximate surface area is 190 Å². The second-order valence-corrected chi connectivity index (χ2v) is 9.09. The standard InChI is InChI=1S/C22H16BrN3O2S2/c23-16-12-10-15(11-13-16)21-25-26-22(28-21)29-14-20(27)24-18-8-4-5-9-19(18)30-17-6-2-1-3-7-17/h1-13H,14H2,(H,24,27). The molecule has 0 fully saturated rings. The molecule has 0 spiro atoms. The van der Waals surface area contributed by atoms with Crippen molar-refractivity contribution in [3.8, 4) is 11.5 Å². The van der Waals surface area contributed by atoms with Crippen LogP contribution >= 0.6 is 39.5 Å². The Kier molecular flexibility index (Phi) is 6.88. The SMILES string of the molecule is O=C(CSc1nnc(-c2ccc(Br)cc2)o1)Nc1ccccc1Sc1ccccc1. The van der Waals surface area contributed by atoms with E-state index in [9.17, 15) is 4.79 Å². The van der Waals surface area contributed by atoms with Crippen LogP contribution in [0.15, 0.2) is 103 Å². The lowest BCUT2D eigenvalue weighted by atomic mass is 10.2. The number of amides is 1. The number of nitrogens with one attached hydrogen (secondary N) is 1. The van der Waals surface area contributed by atoms with Crippen molar-refractivity contribution in [3.63, 3.8) is 0 Å². The van der Waals surface area contributed by atoms with Gasteiger partial charge in [0.2, 0.25) is 11.8 Å². The van der Waals surface area contributed by atoms with E-state index >= 15 is 0 Å². The number of thioether (sulfide) groups is 1. The molecule has 0 radical (unpaired) electrons. The molecule has 8 heteroatoms. The zero-order valence-electron chi connectivity index (χ0n) is 15.6. The van der Waals surface area contributed by atoms with Crippen molar-refractivity contribution in [2.24, 2.45) is 0 Å². The lowest BCUT2D eigenvalue weighted by molar-refractivity contribution is -0.113. The molecule has 0 aliphatic rings. The summed E-state index contributed by atoms with van der Waals surface area (Å²) in [5, 5.41) is 11.4. The molecule has 0 aliphatic heterocycles. The molecule has 1 N–H and O–H groups in total. The minimum absolute atomic E-state index is 0.135. The third kappa shape index (κ3) is 5.53. The summed E-state index contributed by atoms with van der Waals surface area (Å²) in [6, 6.07) is 25.4. The molecule has 1 heterocycles. The molecule has 3 aromatic carbocycles. The molecule has 0 unspecified atom stereocenters. The zero-order chi connectivity index (χ0) is 20.8. The van der Waals surface area contributed by atoms with Gasteiger partial charge in [0.25, 0.3) is 5.22 Å². The second kappa shape index (κ2) is 9.97. The highest BCUT2D eigenvalue weighted by Gasteiger charge is 2.13. The van der Waals surface area contributed by atoms with Crippen molar-refractivity contribution in [3.05, 3.63) is 83.3 Å². The number of rotatable bonds is 7. The predicted molar refractivity (Wildman–Crippen MR) is 124 cm³/mol. The largest absolute Gasteiger partial charge is 0.411 e. The highest BCUT2D eigenvalue weighted by Crippen LogP contribution is 2.33. The summed E-state index contributed by atoms with van der Waals surface area (Å²) in [5.74, 6) is 0.464.